The van der Waals surface area contributed by atoms with Crippen molar-refractivity contribution >= 4 is 25.2 Å². The van der Waals surface area contributed by atoms with E-state index in [4.69, 9.17) is 9.31 Å². The first-order valence-corrected chi connectivity index (χ1v) is 9.07. The van der Waals surface area contributed by atoms with Crippen LogP contribution in [0.15, 0.2) is 60.7 Å². The zero-order valence-electron chi connectivity index (χ0n) is 13.6. The lowest BCUT2D eigenvalue weighted by molar-refractivity contribution is 0.00578. The van der Waals surface area contributed by atoms with E-state index < -0.39 is 7.80 Å². The Hall–Kier alpha value is -1.15. The van der Waals surface area contributed by atoms with E-state index in [1.54, 1.807) is 0 Å². The summed E-state index contributed by atoms with van der Waals surface area (Å²) in [6.45, 7) is 8.21. The van der Waals surface area contributed by atoms with Crippen LogP contribution in [0.5, 0.6) is 0 Å². The maximum atomic E-state index is 6.34. The predicted octanol–water partition coefficient (Wildman–Crippen LogP) is 3.71. The van der Waals surface area contributed by atoms with Gasteiger partial charge in [0.1, 0.15) is 0 Å². The Kier molecular flexibility index (Phi) is 4.16. The summed E-state index contributed by atoms with van der Waals surface area (Å²) in [4.78, 5) is 0. The summed E-state index contributed by atoms with van der Waals surface area (Å²) in [5, 5.41) is 2.56. The largest absolute Gasteiger partial charge is 0.496 e. The third kappa shape index (κ3) is 2.86. The summed E-state index contributed by atoms with van der Waals surface area (Å²) in [5.74, 6) is 0. The fourth-order valence-corrected chi connectivity index (χ4v) is 5.00. The van der Waals surface area contributed by atoms with Gasteiger partial charge in [-0.2, -0.15) is 0 Å². The van der Waals surface area contributed by atoms with E-state index in [0.717, 1.165) is 0 Å². The van der Waals surface area contributed by atoms with Crippen LogP contribution < -0.4 is 10.6 Å². The molecule has 0 aromatic heterocycles. The van der Waals surface area contributed by atoms with Crippen LogP contribution in [0.2, 0.25) is 0 Å². The minimum Gasteiger partial charge on any atom is -0.399 e. The van der Waals surface area contributed by atoms with Gasteiger partial charge >= 0.3 is 6.84 Å². The Morgan fingerprint density at radius 2 is 1.05 bits per heavy atom. The first kappa shape index (κ1) is 15.7. The van der Waals surface area contributed by atoms with Crippen LogP contribution >= 0.6 is 7.80 Å². The third-order valence-corrected chi connectivity index (χ3v) is 6.86. The minimum atomic E-state index is -0.713. The Morgan fingerprint density at radius 1 is 0.682 bits per heavy atom. The van der Waals surface area contributed by atoms with Crippen LogP contribution in [0.25, 0.3) is 0 Å². The molecule has 114 valence electrons. The van der Waals surface area contributed by atoms with Crippen LogP contribution in [0.4, 0.5) is 0 Å². The number of rotatable bonds is 3. The van der Waals surface area contributed by atoms with Crippen LogP contribution in [-0.4, -0.2) is 18.0 Å². The molecule has 0 aliphatic carbocycles. The van der Waals surface area contributed by atoms with E-state index >= 15 is 0 Å². The van der Waals surface area contributed by atoms with Gasteiger partial charge in [0.05, 0.1) is 11.2 Å². The lowest BCUT2D eigenvalue weighted by Crippen LogP contribution is -2.41. The quantitative estimate of drug-likeness (QED) is 0.635. The second kappa shape index (κ2) is 5.81. The van der Waals surface area contributed by atoms with Gasteiger partial charge in [-0.3, -0.25) is 0 Å². The molecule has 3 rings (SSSR count). The molecule has 0 unspecified atom stereocenters. The first-order valence-electron chi connectivity index (χ1n) is 7.66. The Bertz CT molecular complexity index is 573. The lowest BCUT2D eigenvalue weighted by Gasteiger charge is -2.32. The predicted molar refractivity (Wildman–Crippen MR) is 95.2 cm³/mol. The van der Waals surface area contributed by atoms with Crippen molar-refractivity contribution in [3.8, 4) is 0 Å². The fraction of sp³-hybridized carbons (Fsp3) is 0.333. The Morgan fingerprint density at radius 3 is 1.41 bits per heavy atom. The molecule has 0 bridgehead atoms. The smallest absolute Gasteiger partial charge is 0.399 e. The molecular formula is C18H22BO2P. The number of benzene rings is 2. The van der Waals surface area contributed by atoms with Crippen molar-refractivity contribution in [2.45, 2.75) is 38.9 Å². The molecule has 1 aliphatic rings. The van der Waals surface area contributed by atoms with Gasteiger partial charge in [0.2, 0.25) is 0 Å². The van der Waals surface area contributed by atoms with Gasteiger partial charge in [-0.1, -0.05) is 60.7 Å². The lowest BCUT2D eigenvalue weighted by atomic mass is 9.90. The zero-order valence-corrected chi connectivity index (χ0v) is 14.5. The van der Waals surface area contributed by atoms with Gasteiger partial charge in [0, 0.05) is 0 Å². The molecule has 0 N–H and O–H groups in total. The molecule has 2 aromatic carbocycles. The van der Waals surface area contributed by atoms with Gasteiger partial charge in [-0.15, -0.1) is 0 Å². The van der Waals surface area contributed by atoms with E-state index in [9.17, 15) is 0 Å². The highest BCUT2D eigenvalue weighted by atomic mass is 31.1. The molecular weight excluding hydrogens is 290 g/mol. The van der Waals surface area contributed by atoms with Gasteiger partial charge in [-0.05, 0) is 46.1 Å². The van der Waals surface area contributed by atoms with Crippen molar-refractivity contribution in [3.63, 3.8) is 0 Å². The number of hydrogen-bond acceptors (Lipinski definition) is 2. The molecule has 2 aromatic rings. The van der Waals surface area contributed by atoms with Crippen molar-refractivity contribution in [2.24, 2.45) is 0 Å². The van der Waals surface area contributed by atoms with Crippen molar-refractivity contribution < 1.29 is 9.31 Å². The zero-order chi connectivity index (χ0) is 15.8. The Balaban J connectivity index is 2.01. The average molecular weight is 312 g/mol. The monoisotopic (exact) mass is 312 g/mol. The molecule has 0 saturated carbocycles. The molecule has 1 fully saturated rings. The second-order valence-corrected chi connectivity index (χ2v) is 8.80. The average Bonchev–Trinajstić information content (AvgIpc) is 2.69. The molecule has 1 aliphatic heterocycles. The topological polar surface area (TPSA) is 18.5 Å². The van der Waals surface area contributed by atoms with Crippen molar-refractivity contribution in [1.82, 2.24) is 0 Å². The molecule has 1 heterocycles. The van der Waals surface area contributed by atoms with Crippen LogP contribution in [0.3, 0.4) is 0 Å². The van der Waals surface area contributed by atoms with Crippen LogP contribution in [0.1, 0.15) is 27.7 Å². The molecule has 4 heteroatoms. The van der Waals surface area contributed by atoms with Crippen LogP contribution in [0, 0.1) is 0 Å². The summed E-state index contributed by atoms with van der Waals surface area (Å²) in [6.07, 6.45) is 0. The molecule has 0 amide bonds. The fourth-order valence-electron chi connectivity index (χ4n) is 2.49. The summed E-state index contributed by atoms with van der Waals surface area (Å²) >= 11 is 0. The molecule has 0 radical (unpaired) electrons. The van der Waals surface area contributed by atoms with Gasteiger partial charge in [0.25, 0.3) is 0 Å². The van der Waals surface area contributed by atoms with E-state index in [1.165, 1.54) is 10.6 Å². The maximum Gasteiger partial charge on any atom is 0.496 e. The second-order valence-electron chi connectivity index (χ2n) is 6.60. The van der Waals surface area contributed by atoms with Crippen molar-refractivity contribution in [2.75, 3.05) is 0 Å². The van der Waals surface area contributed by atoms with Crippen molar-refractivity contribution in [1.29, 1.82) is 0 Å². The molecule has 2 nitrogen and oxygen atoms in total. The summed E-state index contributed by atoms with van der Waals surface area (Å²) in [5.41, 5.74) is -0.608. The van der Waals surface area contributed by atoms with Crippen LogP contribution in [-0.2, 0) is 9.31 Å². The normalized spacial score (nSPS) is 19.6. The molecule has 22 heavy (non-hydrogen) atoms. The van der Waals surface area contributed by atoms with E-state index in [1.807, 2.05) is 12.1 Å². The third-order valence-electron chi connectivity index (χ3n) is 4.52. The van der Waals surface area contributed by atoms with Gasteiger partial charge in [0.15, 0.2) is 0 Å². The maximum absolute atomic E-state index is 6.34. The summed E-state index contributed by atoms with van der Waals surface area (Å²) < 4.78 is 12.7. The van der Waals surface area contributed by atoms with E-state index in [0.29, 0.717) is 0 Å². The highest BCUT2D eigenvalue weighted by Gasteiger charge is 2.54. The molecule has 0 atom stereocenters. The Labute approximate surface area is 134 Å². The first-order chi connectivity index (χ1) is 10.4. The van der Waals surface area contributed by atoms with Gasteiger partial charge < -0.3 is 9.31 Å². The van der Waals surface area contributed by atoms with E-state index in [-0.39, 0.29) is 18.0 Å². The molecule has 1 saturated heterocycles. The summed E-state index contributed by atoms with van der Waals surface area (Å²) in [7, 11) is -0.713. The highest BCUT2D eigenvalue weighted by molar-refractivity contribution is 7.99. The van der Waals surface area contributed by atoms with Gasteiger partial charge in [-0.25, -0.2) is 0 Å². The minimum absolute atomic E-state index is 0.218. The SMILES string of the molecule is CC1(C)OB(P(c2ccccc2)c2ccccc2)OC1(C)C. The highest BCUT2D eigenvalue weighted by Crippen LogP contribution is 2.48. The standard InChI is InChI=1S/C18H22BO2P/c1-17(2)18(3,4)21-19(20-17)22(15-11-7-5-8-12-15)16-13-9-6-10-14-16/h5-14H,1-4H3. The van der Waals surface area contributed by atoms with E-state index in [2.05, 4.69) is 76.2 Å². The molecule has 0 spiro atoms. The van der Waals surface area contributed by atoms with Crippen molar-refractivity contribution in [3.05, 3.63) is 60.7 Å². The number of hydrogen-bond donors (Lipinski definition) is 0. The summed E-state index contributed by atoms with van der Waals surface area (Å²) in [6, 6.07) is 21.1.